The lowest BCUT2D eigenvalue weighted by Crippen LogP contribution is -2.52. The van der Waals surface area contributed by atoms with E-state index in [0.29, 0.717) is 40.5 Å². The van der Waals surface area contributed by atoms with Crippen LogP contribution in [0.15, 0.2) is 61.3 Å². The van der Waals surface area contributed by atoms with E-state index >= 15 is 0 Å². The Morgan fingerprint density at radius 2 is 1.98 bits per heavy atom. The minimum absolute atomic E-state index is 0.0722. The monoisotopic (exact) mass is 547 g/mol. The van der Waals surface area contributed by atoms with Gasteiger partial charge in [-0.15, -0.1) is 0 Å². The first kappa shape index (κ1) is 25.7. The highest BCUT2D eigenvalue weighted by molar-refractivity contribution is 5.96. The summed E-state index contributed by atoms with van der Waals surface area (Å²) in [6, 6.07) is 11.3. The van der Waals surface area contributed by atoms with Crippen LogP contribution in [0.3, 0.4) is 0 Å². The lowest BCUT2D eigenvalue weighted by atomic mass is 10.0. The zero-order valence-electron chi connectivity index (χ0n) is 22.1. The van der Waals surface area contributed by atoms with Crippen LogP contribution in [0, 0.1) is 6.92 Å². The van der Waals surface area contributed by atoms with E-state index in [2.05, 4.69) is 25.4 Å². The van der Waals surface area contributed by atoms with Gasteiger partial charge in [-0.3, -0.25) is 0 Å². The van der Waals surface area contributed by atoms with E-state index in [9.17, 15) is 8.78 Å². The van der Waals surface area contributed by atoms with Crippen molar-refractivity contribution in [3.63, 3.8) is 0 Å². The number of anilines is 2. The number of likely N-dealkylation sites (tertiary alicyclic amines) is 1. The van der Waals surface area contributed by atoms with E-state index in [-0.39, 0.29) is 18.1 Å². The van der Waals surface area contributed by atoms with Crippen molar-refractivity contribution in [2.24, 2.45) is 0 Å². The topological polar surface area (TPSA) is 98.9 Å². The summed E-state index contributed by atoms with van der Waals surface area (Å²) in [6.07, 6.45) is 5.21. The maximum absolute atomic E-state index is 14.9. The number of alkyl halides is 2. The maximum Gasteiger partial charge on any atom is 0.296 e. The fourth-order valence-electron chi connectivity index (χ4n) is 4.79. The fourth-order valence-corrected chi connectivity index (χ4v) is 4.79. The van der Waals surface area contributed by atoms with Crippen LogP contribution in [-0.2, 0) is 0 Å². The van der Waals surface area contributed by atoms with Crippen molar-refractivity contribution in [3.8, 4) is 23.1 Å². The largest absolute Gasteiger partial charge is 0.478 e. The molecule has 0 spiro atoms. The van der Waals surface area contributed by atoms with Gasteiger partial charge in [0.15, 0.2) is 11.9 Å². The lowest BCUT2D eigenvalue weighted by Gasteiger charge is -2.36. The third kappa shape index (κ3) is 4.93. The van der Waals surface area contributed by atoms with Crippen LogP contribution in [0.2, 0.25) is 0 Å². The Kier molecular flexibility index (Phi) is 6.54. The molecule has 10 nitrogen and oxygen atoms in total. The van der Waals surface area contributed by atoms with Gasteiger partial charge in [-0.1, -0.05) is 0 Å². The minimum Gasteiger partial charge on any atom is -0.478 e. The number of nitrogens with one attached hydrogen (secondary N) is 1. The Labute approximate surface area is 228 Å². The van der Waals surface area contributed by atoms with E-state index in [4.69, 9.17) is 14.2 Å². The number of benzene rings is 1. The number of methoxy groups -OCH3 is 1. The van der Waals surface area contributed by atoms with Gasteiger partial charge in [0.05, 0.1) is 42.5 Å². The first-order valence-electron chi connectivity index (χ1n) is 12.7. The van der Waals surface area contributed by atoms with Gasteiger partial charge in [-0.2, -0.15) is 5.10 Å². The van der Waals surface area contributed by atoms with Crippen LogP contribution in [0.4, 0.5) is 20.3 Å². The predicted octanol–water partition coefficient (Wildman–Crippen LogP) is 5.24. The van der Waals surface area contributed by atoms with Gasteiger partial charge in [-0.05, 0) is 55.9 Å². The molecule has 206 valence electrons. The molecule has 5 aromatic rings. The molecule has 0 amide bonds. The highest BCUT2D eigenvalue weighted by atomic mass is 19.3. The second kappa shape index (κ2) is 10.2. The number of aromatic nitrogens is 5. The quantitative estimate of drug-likeness (QED) is 0.293. The van der Waals surface area contributed by atoms with Crippen molar-refractivity contribution < 1.29 is 23.0 Å². The van der Waals surface area contributed by atoms with Gasteiger partial charge in [0, 0.05) is 24.8 Å². The Bertz CT molecular complexity index is 1690. The minimum atomic E-state index is -3.06. The maximum atomic E-state index is 14.9. The van der Waals surface area contributed by atoms with Crippen LogP contribution < -0.4 is 19.5 Å². The number of ether oxygens (including phenoxy) is 3. The van der Waals surface area contributed by atoms with Crippen LogP contribution in [0.25, 0.3) is 16.4 Å². The Hall–Kier alpha value is -4.58. The van der Waals surface area contributed by atoms with Gasteiger partial charge in [0.25, 0.3) is 11.8 Å². The second-order valence-corrected chi connectivity index (χ2v) is 9.75. The number of piperidine rings is 1. The van der Waals surface area contributed by atoms with Gasteiger partial charge in [0.1, 0.15) is 23.6 Å². The van der Waals surface area contributed by atoms with Crippen molar-refractivity contribution in [2.75, 3.05) is 32.6 Å². The standard InChI is InChI=1S/C28H27F2N7O3/c1-17-12-18(4-7-22(17)39-20-6-5-19-8-10-34-37(19)14-20)35-26-24-21(32-16-33-26)13-31-27(38-3)25(24)40-23-9-11-36(2)15-28(23,29)30/h4-8,10,12-14,16,23H,9,11,15H2,1-3H3,(H,32,33,35)/t23-/m0/s1. The molecule has 1 saturated heterocycles. The second-order valence-electron chi connectivity index (χ2n) is 9.75. The number of halogens is 2. The lowest BCUT2D eigenvalue weighted by molar-refractivity contribution is -0.135. The van der Waals surface area contributed by atoms with Gasteiger partial charge < -0.3 is 24.4 Å². The first-order chi connectivity index (χ1) is 19.3. The molecule has 1 aromatic carbocycles. The SMILES string of the molecule is COc1ncc2ncnc(Nc3ccc(Oc4ccc5ccnn5c4)c(C)c3)c2c1O[C@H]1CCN(C)CC1(F)F. The summed E-state index contributed by atoms with van der Waals surface area (Å²) in [5.41, 5.74) is 2.97. The first-order valence-corrected chi connectivity index (χ1v) is 12.7. The van der Waals surface area contributed by atoms with Crippen molar-refractivity contribution in [1.29, 1.82) is 0 Å². The van der Waals surface area contributed by atoms with Crippen molar-refractivity contribution in [3.05, 3.63) is 66.9 Å². The van der Waals surface area contributed by atoms with E-state index in [1.807, 2.05) is 49.5 Å². The number of hydrogen-bond acceptors (Lipinski definition) is 9. The van der Waals surface area contributed by atoms with Crippen molar-refractivity contribution in [1.82, 2.24) is 29.5 Å². The van der Waals surface area contributed by atoms with Crippen LogP contribution in [0.1, 0.15) is 12.0 Å². The van der Waals surface area contributed by atoms with E-state index in [0.717, 1.165) is 11.1 Å². The number of fused-ring (bicyclic) bond motifs is 2. The predicted molar refractivity (Wildman–Crippen MR) is 145 cm³/mol. The number of aryl methyl sites for hydroxylation is 1. The van der Waals surface area contributed by atoms with Crippen LogP contribution in [-0.4, -0.2) is 68.7 Å². The molecule has 0 saturated carbocycles. The number of nitrogens with zero attached hydrogens (tertiary/aromatic N) is 6. The summed E-state index contributed by atoms with van der Waals surface area (Å²) in [5, 5.41) is 7.92. The molecular formula is C28H27F2N7O3. The molecule has 0 radical (unpaired) electrons. The number of pyridine rings is 2. The summed E-state index contributed by atoms with van der Waals surface area (Å²) in [6.45, 7) is 2.00. The molecule has 6 rings (SSSR count). The van der Waals surface area contributed by atoms with Gasteiger partial charge in [-0.25, -0.2) is 28.2 Å². The molecule has 12 heteroatoms. The van der Waals surface area contributed by atoms with E-state index in [1.165, 1.54) is 19.6 Å². The molecule has 1 atom stereocenters. The highest BCUT2D eigenvalue weighted by Gasteiger charge is 2.46. The Morgan fingerprint density at radius 3 is 2.77 bits per heavy atom. The molecule has 40 heavy (non-hydrogen) atoms. The van der Waals surface area contributed by atoms with Crippen LogP contribution >= 0.6 is 0 Å². The third-order valence-corrected chi connectivity index (χ3v) is 6.81. The summed E-state index contributed by atoms with van der Waals surface area (Å²) in [4.78, 5) is 14.5. The molecule has 1 N–H and O–H groups in total. The number of rotatable bonds is 7. The Morgan fingerprint density at radius 1 is 1.10 bits per heavy atom. The average Bonchev–Trinajstić information content (AvgIpc) is 3.39. The Balaban J connectivity index is 1.31. The van der Waals surface area contributed by atoms with Crippen molar-refractivity contribution >= 4 is 27.9 Å². The summed E-state index contributed by atoms with van der Waals surface area (Å²) >= 11 is 0. The zero-order chi connectivity index (χ0) is 27.9. The average molecular weight is 548 g/mol. The summed E-state index contributed by atoms with van der Waals surface area (Å²) in [5.74, 6) is -1.22. The van der Waals surface area contributed by atoms with Gasteiger partial charge >= 0.3 is 0 Å². The smallest absolute Gasteiger partial charge is 0.296 e. The number of hydrogen-bond donors (Lipinski definition) is 1. The summed E-state index contributed by atoms with van der Waals surface area (Å²) in [7, 11) is 3.08. The summed E-state index contributed by atoms with van der Waals surface area (Å²) < 4.78 is 49.0. The van der Waals surface area contributed by atoms with E-state index in [1.54, 1.807) is 22.7 Å². The fraction of sp³-hybridized carbons (Fsp3) is 0.286. The molecule has 0 aliphatic carbocycles. The molecule has 1 fully saturated rings. The molecular weight excluding hydrogens is 520 g/mol. The van der Waals surface area contributed by atoms with Crippen molar-refractivity contribution in [2.45, 2.75) is 25.4 Å². The third-order valence-electron chi connectivity index (χ3n) is 6.81. The molecule has 0 unspecified atom stereocenters. The molecule has 1 aliphatic rings. The van der Waals surface area contributed by atoms with E-state index < -0.39 is 18.6 Å². The molecule has 0 bridgehead atoms. The highest BCUT2D eigenvalue weighted by Crippen LogP contribution is 2.41. The van der Waals surface area contributed by atoms with Gasteiger partial charge in [0.2, 0.25) is 0 Å². The van der Waals surface area contributed by atoms with Crippen LogP contribution in [0.5, 0.6) is 23.1 Å². The normalized spacial score (nSPS) is 17.2. The molecule has 1 aliphatic heterocycles. The molecule has 5 heterocycles. The molecule has 4 aromatic heterocycles. The zero-order valence-corrected chi connectivity index (χ0v) is 22.1.